The van der Waals surface area contributed by atoms with E-state index in [0.717, 1.165) is 30.4 Å². The monoisotopic (exact) mass is 505 g/mol. The minimum absolute atomic E-state index is 0. The summed E-state index contributed by atoms with van der Waals surface area (Å²) < 4.78 is 16.4. The molecule has 1 aliphatic carbocycles. The maximum absolute atomic E-state index is 5.56. The van der Waals surface area contributed by atoms with Gasteiger partial charge in [0, 0.05) is 24.7 Å². The molecule has 0 aromatic heterocycles. The average molecular weight is 505 g/mol. The zero-order valence-corrected chi connectivity index (χ0v) is 20.2. The molecule has 1 saturated carbocycles. The van der Waals surface area contributed by atoms with E-state index in [4.69, 9.17) is 19.2 Å². The van der Waals surface area contributed by atoms with E-state index in [2.05, 4.69) is 24.5 Å². The van der Waals surface area contributed by atoms with Crippen molar-refractivity contribution in [1.82, 2.24) is 10.6 Å². The summed E-state index contributed by atoms with van der Waals surface area (Å²) in [5.41, 5.74) is 1.06. The number of nitrogens with zero attached hydrogens (tertiary/aromatic N) is 1. The highest BCUT2D eigenvalue weighted by Crippen LogP contribution is 2.39. The van der Waals surface area contributed by atoms with Gasteiger partial charge in [0.25, 0.3) is 0 Å². The second-order valence-corrected chi connectivity index (χ2v) is 7.11. The molecule has 6 nitrogen and oxygen atoms in total. The number of nitrogens with one attached hydrogen (secondary N) is 2. The van der Waals surface area contributed by atoms with Crippen LogP contribution in [0.3, 0.4) is 0 Å². The molecule has 7 heteroatoms. The normalized spacial score (nSPS) is 19.4. The SMILES string of the molecule is CCNC(=NCCc1ccc(OC)c(OC)c1OC)NC1CCC(C)CC1.I. The lowest BCUT2D eigenvalue weighted by Crippen LogP contribution is -2.44. The van der Waals surface area contributed by atoms with Gasteiger partial charge in [0.2, 0.25) is 5.75 Å². The lowest BCUT2D eigenvalue weighted by molar-refractivity contribution is 0.322. The third kappa shape index (κ3) is 6.90. The van der Waals surface area contributed by atoms with E-state index in [1.165, 1.54) is 25.7 Å². The summed E-state index contributed by atoms with van der Waals surface area (Å²) in [5, 5.41) is 6.96. The molecule has 0 unspecified atom stereocenters. The van der Waals surface area contributed by atoms with E-state index in [0.29, 0.717) is 29.8 Å². The van der Waals surface area contributed by atoms with Crippen LogP contribution < -0.4 is 24.8 Å². The molecule has 0 heterocycles. The molecule has 1 fully saturated rings. The van der Waals surface area contributed by atoms with Crippen LogP contribution >= 0.6 is 24.0 Å². The number of benzene rings is 1. The van der Waals surface area contributed by atoms with Gasteiger partial charge in [-0.15, -0.1) is 24.0 Å². The van der Waals surface area contributed by atoms with Gasteiger partial charge in [-0.1, -0.05) is 13.0 Å². The van der Waals surface area contributed by atoms with Crippen molar-refractivity contribution in [3.8, 4) is 17.2 Å². The van der Waals surface area contributed by atoms with Crippen molar-refractivity contribution in [1.29, 1.82) is 0 Å². The number of rotatable bonds is 8. The topological polar surface area (TPSA) is 64.1 Å². The Morgan fingerprint density at radius 3 is 2.29 bits per heavy atom. The molecule has 1 aromatic rings. The number of methoxy groups -OCH3 is 3. The Kier molecular flexibility index (Phi) is 11.4. The molecule has 28 heavy (non-hydrogen) atoms. The Balaban J connectivity index is 0.00000392. The van der Waals surface area contributed by atoms with Crippen LogP contribution in [0.4, 0.5) is 0 Å². The third-order valence-electron chi connectivity index (χ3n) is 5.14. The van der Waals surface area contributed by atoms with E-state index in [1.54, 1.807) is 21.3 Å². The summed E-state index contributed by atoms with van der Waals surface area (Å²) in [6.07, 6.45) is 5.78. The van der Waals surface area contributed by atoms with Crippen LogP contribution in [0.1, 0.15) is 45.1 Å². The third-order valence-corrected chi connectivity index (χ3v) is 5.14. The maximum atomic E-state index is 5.56. The molecule has 0 amide bonds. The molecule has 160 valence electrons. The minimum atomic E-state index is 0. The molecule has 0 saturated heterocycles. The molecule has 2 rings (SSSR count). The Labute approximate surface area is 186 Å². The fraction of sp³-hybridized carbons (Fsp3) is 0.667. The lowest BCUT2D eigenvalue weighted by atomic mass is 9.87. The number of halogens is 1. The van der Waals surface area contributed by atoms with E-state index in [1.807, 2.05) is 12.1 Å². The van der Waals surface area contributed by atoms with E-state index < -0.39 is 0 Å². The summed E-state index contributed by atoms with van der Waals surface area (Å²) in [4.78, 5) is 4.76. The Hall–Kier alpha value is -1.38. The Bertz CT molecular complexity index is 617. The summed E-state index contributed by atoms with van der Waals surface area (Å²) >= 11 is 0. The first kappa shape index (κ1) is 24.7. The van der Waals surface area contributed by atoms with Gasteiger partial charge in [0.15, 0.2) is 17.5 Å². The van der Waals surface area contributed by atoms with Crippen LogP contribution in [0, 0.1) is 5.92 Å². The highest BCUT2D eigenvalue weighted by Gasteiger charge is 2.19. The highest BCUT2D eigenvalue weighted by atomic mass is 127. The van der Waals surface area contributed by atoms with Crippen LogP contribution in [0.15, 0.2) is 17.1 Å². The number of guanidine groups is 1. The van der Waals surface area contributed by atoms with Crippen LogP contribution in [-0.2, 0) is 6.42 Å². The minimum Gasteiger partial charge on any atom is -0.493 e. The van der Waals surface area contributed by atoms with Crippen molar-refractivity contribution >= 4 is 29.9 Å². The second-order valence-electron chi connectivity index (χ2n) is 7.11. The standard InChI is InChI=1S/C21H35N3O3.HI/c1-6-22-21(24-17-10-7-15(2)8-11-17)23-14-13-16-9-12-18(25-3)20(27-5)19(16)26-4;/h9,12,15,17H,6-8,10-11,13-14H2,1-5H3,(H2,22,23,24);1H. The molecule has 1 aromatic carbocycles. The van der Waals surface area contributed by atoms with E-state index in [-0.39, 0.29) is 24.0 Å². The van der Waals surface area contributed by atoms with Crippen molar-refractivity contribution in [2.45, 2.75) is 52.0 Å². The first-order valence-electron chi connectivity index (χ1n) is 9.95. The maximum Gasteiger partial charge on any atom is 0.203 e. The summed E-state index contributed by atoms with van der Waals surface area (Å²) in [6.45, 7) is 5.96. The van der Waals surface area contributed by atoms with Crippen LogP contribution in [-0.4, -0.2) is 46.4 Å². The average Bonchev–Trinajstić information content (AvgIpc) is 2.69. The van der Waals surface area contributed by atoms with Gasteiger partial charge in [-0.25, -0.2) is 0 Å². The van der Waals surface area contributed by atoms with Gasteiger partial charge in [-0.3, -0.25) is 4.99 Å². The van der Waals surface area contributed by atoms with E-state index in [9.17, 15) is 0 Å². The van der Waals surface area contributed by atoms with Gasteiger partial charge >= 0.3 is 0 Å². The number of hydrogen-bond acceptors (Lipinski definition) is 4. The summed E-state index contributed by atoms with van der Waals surface area (Å²) in [5.74, 6) is 3.76. The van der Waals surface area contributed by atoms with E-state index >= 15 is 0 Å². The summed E-state index contributed by atoms with van der Waals surface area (Å²) in [7, 11) is 4.90. The number of aliphatic imine (C=N–C) groups is 1. The Morgan fingerprint density at radius 2 is 1.71 bits per heavy atom. The number of hydrogen-bond donors (Lipinski definition) is 2. The molecule has 0 bridgehead atoms. The van der Waals surface area contributed by atoms with Crippen molar-refractivity contribution in [2.24, 2.45) is 10.9 Å². The lowest BCUT2D eigenvalue weighted by Gasteiger charge is -2.28. The quantitative estimate of drug-likeness (QED) is 0.318. The predicted octanol–water partition coefficient (Wildman–Crippen LogP) is 4.01. The molecule has 0 radical (unpaired) electrons. The molecule has 0 aliphatic heterocycles. The van der Waals surface area contributed by atoms with Gasteiger partial charge in [-0.2, -0.15) is 0 Å². The largest absolute Gasteiger partial charge is 0.493 e. The Morgan fingerprint density at radius 1 is 1.04 bits per heavy atom. The fourth-order valence-electron chi connectivity index (χ4n) is 3.57. The number of ether oxygens (including phenoxy) is 3. The highest BCUT2D eigenvalue weighted by molar-refractivity contribution is 14.0. The van der Waals surface area contributed by atoms with Gasteiger partial charge < -0.3 is 24.8 Å². The second kappa shape index (κ2) is 13.0. The zero-order chi connectivity index (χ0) is 19.6. The predicted molar refractivity (Wildman–Crippen MR) is 126 cm³/mol. The van der Waals surface area contributed by atoms with Crippen LogP contribution in [0.5, 0.6) is 17.2 Å². The van der Waals surface area contributed by atoms with Crippen molar-refractivity contribution in [3.63, 3.8) is 0 Å². The van der Waals surface area contributed by atoms with Gasteiger partial charge in [0.05, 0.1) is 21.3 Å². The summed E-state index contributed by atoms with van der Waals surface area (Å²) in [6, 6.07) is 4.45. The molecule has 2 N–H and O–H groups in total. The van der Waals surface area contributed by atoms with Crippen molar-refractivity contribution in [3.05, 3.63) is 17.7 Å². The molecule has 0 spiro atoms. The van der Waals surface area contributed by atoms with Crippen molar-refractivity contribution < 1.29 is 14.2 Å². The fourth-order valence-corrected chi connectivity index (χ4v) is 3.57. The first-order valence-corrected chi connectivity index (χ1v) is 9.95. The van der Waals surface area contributed by atoms with Crippen LogP contribution in [0.2, 0.25) is 0 Å². The molecule has 0 atom stereocenters. The first-order chi connectivity index (χ1) is 13.1. The van der Waals surface area contributed by atoms with Crippen LogP contribution in [0.25, 0.3) is 0 Å². The molecular formula is C21H36IN3O3. The van der Waals surface area contributed by atoms with Gasteiger partial charge in [0.1, 0.15) is 0 Å². The van der Waals surface area contributed by atoms with Gasteiger partial charge in [-0.05, 0) is 51.0 Å². The smallest absolute Gasteiger partial charge is 0.203 e. The molecule has 1 aliphatic rings. The van der Waals surface area contributed by atoms with Crippen molar-refractivity contribution in [2.75, 3.05) is 34.4 Å². The zero-order valence-electron chi connectivity index (χ0n) is 17.8. The molecular weight excluding hydrogens is 469 g/mol.